The van der Waals surface area contributed by atoms with Crippen molar-refractivity contribution >= 4 is 32.4 Å². The average Bonchev–Trinajstić information content (AvgIpc) is 3.03. The molecule has 128 valence electrons. The lowest BCUT2D eigenvalue weighted by Gasteiger charge is -2.29. The number of nitrogens with zero attached hydrogens (tertiary/aromatic N) is 3. The number of nitrogens with one attached hydrogen (secondary N) is 1. The number of rotatable bonds is 4. The molecule has 0 radical (unpaired) electrons. The maximum atomic E-state index is 12.3. The summed E-state index contributed by atoms with van der Waals surface area (Å²) < 4.78 is 24.4. The lowest BCUT2D eigenvalue weighted by Crippen LogP contribution is -2.40. The Morgan fingerprint density at radius 3 is 2.75 bits per heavy atom. The quantitative estimate of drug-likeness (QED) is 0.891. The van der Waals surface area contributed by atoms with E-state index in [1.54, 1.807) is 12.4 Å². The van der Waals surface area contributed by atoms with Crippen molar-refractivity contribution in [1.29, 1.82) is 0 Å². The monoisotopic (exact) mass is 366 g/mol. The minimum atomic E-state index is -3.18. The summed E-state index contributed by atoms with van der Waals surface area (Å²) >= 11 is 1.36. The van der Waals surface area contributed by atoms with E-state index in [1.807, 2.05) is 17.5 Å². The van der Waals surface area contributed by atoms with Gasteiger partial charge in [-0.3, -0.25) is 9.78 Å². The lowest BCUT2D eigenvalue weighted by molar-refractivity contribution is -0.120. The molecule has 3 heterocycles. The highest BCUT2D eigenvalue weighted by Crippen LogP contribution is 2.26. The summed E-state index contributed by atoms with van der Waals surface area (Å²) in [6.07, 6.45) is 5.67. The fourth-order valence-corrected chi connectivity index (χ4v) is 4.23. The van der Waals surface area contributed by atoms with Gasteiger partial charge in [0.1, 0.15) is 0 Å². The highest BCUT2D eigenvalue weighted by atomic mass is 32.2. The number of piperidine rings is 1. The Balaban J connectivity index is 1.59. The fourth-order valence-electron chi connectivity index (χ4n) is 2.64. The first-order valence-corrected chi connectivity index (χ1v) is 10.3. The van der Waals surface area contributed by atoms with Crippen LogP contribution in [0.25, 0.3) is 11.3 Å². The number of sulfonamides is 1. The Kier molecular flexibility index (Phi) is 4.93. The highest BCUT2D eigenvalue weighted by molar-refractivity contribution is 7.88. The van der Waals surface area contributed by atoms with E-state index in [9.17, 15) is 13.2 Å². The highest BCUT2D eigenvalue weighted by Gasteiger charge is 2.29. The molecule has 0 atom stereocenters. The van der Waals surface area contributed by atoms with Crippen molar-refractivity contribution in [1.82, 2.24) is 14.3 Å². The first kappa shape index (κ1) is 17.0. The van der Waals surface area contributed by atoms with E-state index < -0.39 is 10.0 Å². The molecule has 9 heteroatoms. The van der Waals surface area contributed by atoms with Crippen LogP contribution in [0.5, 0.6) is 0 Å². The van der Waals surface area contributed by atoms with Crippen molar-refractivity contribution in [2.45, 2.75) is 12.8 Å². The number of pyridine rings is 1. The second-order valence-electron chi connectivity index (χ2n) is 5.71. The topological polar surface area (TPSA) is 92.3 Å². The zero-order valence-corrected chi connectivity index (χ0v) is 14.8. The van der Waals surface area contributed by atoms with Crippen molar-refractivity contribution in [3.8, 4) is 11.3 Å². The Morgan fingerprint density at radius 1 is 1.38 bits per heavy atom. The van der Waals surface area contributed by atoms with E-state index in [2.05, 4.69) is 15.3 Å². The van der Waals surface area contributed by atoms with Crippen LogP contribution in [0.1, 0.15) is 12.8 Å². The summed E-state index contributed by atoms with van der Waals surface area (Å²) in [5.74, 6) is -0.288. The van der Waals surface area contributed by atoms with Crippen molar-refractivity contribution in [3.05, 3.63) is 29.9 Å². The van der Waals surface area contributed by atoms with Crippen molar-refractivity contribution < 1.29 is 13.2 Å². The van der Waals surface area contributed by atoms with Crippen LogP contribution in [0.4, 0.5) is 5.13 Å². The second kappa shape index (κ2) is 6.96. The number of carbonyl (C=O) groups excluding carboxylic acids is 1. The van der Waals surface area contributed by atoms with Crippen molar-refractivity contribution in [3.63, 3.8) is 0 Å². The molecule has 2 aromatic heterocycles. The van der Waals surface area contributed by atoms with Gasteiger partial charge in [0.25, 0.3) is 0 Å². The molecule has 1 amide bonds. The number of hydrogen-bond acceptors (Lipinski definition) is 6. The summed E-state index contributed by atoms with van der Waals surface area (Å²) in [5.41, 5.74) is 1.67. The minimum Gasteiger partial charge on any atom is -0.302 e. The van der Waals surface area contributed by atoms with Crippen LogP contribution in [-0.4, -0.2) is 47.9 Å². The van der Waals surface area contributed by atoms with Crippen molar-refractivity contribution in [2.24, 2.45) is 5.92 Å². The van der Waals surface area contributed by atoms with Crippen LogP contribution >= 0.6 is 11.3 Å². The van der Waals surface area contributed by atoms with Gasteiger partial charge in [-0.05, 0) is 25.0 Å². The first-order chi connectivity index (χ1) is 11.4. The first-order valence-electron chi connectivity index (χ1n) is 7.55. The number of aromatic nitrogens is 2. The number of carbonyl (C=O) groups is 1. The third-order valence-corrected chi connectivity index (χ3v) is 6.05. The van der Waals surface area contributed by atoms with E-state index in [-0.39, 0.29) is 11.8 Å². The molecule has 0 aliphatic carbocycles. The number of hydrogen-bond donors (Lipinski definition) is 1. The van der Waals surface area contributed by atoms with Crippen LogP contribution in [0.15, 0.2) is 29.9 Å². The van der Waals surface area contributed by atoms with Gasteiger partial charge in [-0.25, -0.2) is 17.7 Å². The molecular formula is C15H18N4O3S2. The maximum Gasteiger partial charge on any atom is 0.229 e. The summed E-state index contributed by atoms with van der Waals surface area (Å²) in [6.45, 7) is 0.769. The smallest absolute Gasteiger partial charge is 0.229 e. The molecule has 1 aliphatic rings. The van der Waals surface area contributed by atoms with Gasteiger partial charge in [0.05, 0.1) is 11.9 Å². The summed E-state index contributed by atoms with van der Waals surface area (Å²) in [5, 5.41) is 5.26. The van der Waals surface area contributed by atoms with Crippen LogP contribution in [0.3, 0.4) is 0 Å². The maximum absolute atomic E-state index is 12.3. The molecular weight excluding hydrogens is 348 g/mol. The standard InChI is InChI=1S/C15H18N4O3S2/c1-24(21,22)19-7-4-11(5-8-19)14(20)18-15-17-13(10-23-15)12-3-2-6-16-9-12/h2-3,6,9-11H,4-5,7-8H2,1H3,(H,17,18,20). The van der Waals surface area contributed by atoms with Crippen LogP contribution in [0.2, 0.25) is 0 Å². The molecule has 0 bridgehead atoms. The van der Waals surface area contributed by atoms with E-state index >= 15 is 0 Å². The van der Waals surface area contributed by atoms with Gasteiger partial charge >= 0.3 is 0 Å². The summed E-state index contributed by atoms with van der Waals surface area (Å²) in [7, 11) is -3.18. The Morgan fingerprint density at radius 2 is 2.12 bits per heavy atom. The Labute approximate surface area is 144 Å². The van der Waals surface area contributed by atoms with Gasteiger partial charge in [-0.15, -0.1) is 11.3 Å². The molecule has 2 aromatic rings. The Bertz CT molecular complexity index is 812. The molecule has 0 spiro atoms. The summed E-state index contributed by atoms with van der Waals surface area (Å²) in [4.78, 5) is 20.8. The molecule has 0 aromatic carbocycles. The van der Waals surface area contributed by atoms with E-state index in [0.717, 1.165) is 11.3 Å². The predicted octanol–water partition coefficient (Wildman–Crippen LogP) is 1.82. The SMILES string of the molecule is CS(=O)(=O)N1CCC(C(=O)Nc2nc(-c3cccnc3)cs2)CC1. The molecule has 24 heavy (non-hydrogen) atoms. The third kappa shape index (κ3) is 3.97. The van der Waals surface area contributed by atoms with Gasteiger partial charge in [0.15, 0.2) is 5.13 Å². The lowest BCUT2D eigenvalue weighted by atomic mass is 9.97. The van der Waals surface area contributed by atoms with Gasteiger partial charge < -0.3 is 5.32 Å². The van der Waals surface area contributed by atoms with Crippen molar-refractivity contribution in [2.75, 3.05) is 24.7 Å². The van der Waals surface area contributed by atoms with Gasteiger partial charge in [0, 0.05) is 42.3 Å². The number of amides is 1. The Hall–Kier alpha value is -1.84. The second-order valence-corrected chi connectivity index (χ2v) is 8.55. The predicted molar refractivity (Wildman–Crippen MR) is 93.1 cm³/mol. The fraction of sp³-hybridized carbons (Fsp3) is 0.400. The molecule has 0 saturated carbocycles. The zero-order chi connectivity index (χ0) is 17.2. The van der Waals surface area contributed by atoms with Crippen LogP contribution in [-0.2, 0) is 14.8 Å². The molecule has 3 rings (SSSR count). The molecule has 1 saturated heterocycles. The largest absolute Gasteiger partial charge is 0.302 e. The van der Waals surface area contributed by atoms with E-state index in [1.165, 1.54) is 21.9 Å². The van der Waals surface area contributed by atoms with E-state index in [4.69, 9.17) is 0 Å². The number of anilines is 1. The summed E-state index contributed by atoms with van der Waals surface area (Å²) in [6, 6.07) is 3.75. The minimum absolute atomic E-state index is 0.102. The van der Waals surface area contributed by atoms with Crippen LogP contribution in [0, 0.1) is 5.92 Å². The van der Waals surface area contributed by atoms with Gasteiger partial charge in [-0.2, -0.15) is 0 Å². The van der Waals surface area contributed by atoms with E-state index in [0.29, 0.717) is 31.1 Å². The normalized spacial score (nSPS) is 16.9. The molecule has 1 N–H and O–H groups in total. The molecule has 1 aliphatic heterocycles. The molecule has 0 unspecified atom stereocenters. The van der Waals surface area contributed by atoms with Crippen LogP contribution < -0.4 is 5.32 Å². The zero-order valence-electron chi connectivity index (χ0n) is 13.2. The average molecular weight is 366 g/mol. The molecule has 1 fully saturated rings. The van der Waals surface area contributed by atoms with Gasteiger partial charge in [0.2, 0.25) is 15.9 Å². The third-order valence-electron chi connectivity index (χ3n) is 3.99. The van der Waals surface area contributed by atoms with Gasteiger partial charge in [-0.1, -0.05) is 0 Å². The molecule has 7 nitrogen and oxygen atoms in total. The number of thiazole rings is 1.